The number of fused-ring (bicyclic) bond motifs is 8. The van der Waals surface area contributed by atoms with E-state index in [1.165, 1.54) is 22.3 Å². The second-order valence-electron chi connectivity index (χ2n) is 8.33. The smallest absolute Gasteiger partial charge is 0.0691 e. The molecule has 0 saturated heterocycles. The van der Waals surface area contributed by atoms with Gasteiger partial charge in [0.15, 0.2) is 0 Å². The third kappa shape index (κ3) is 4.01. The number of rotatable bonds is 4. The van der Waals surface area contributed by atoms with Crippen molar-refractivity contribution in [2.75, 3.05) is 0 Å². The highest BCUT2D eigenvalue weighted by Crippen LogP contribution is 2.27. The van der Waals surface area contributed by atoms with Gasteiger partial charge in [0.05, 0.1) is 22.8 Å². The Kier molecular flexibility index (Phi) is 6.74. The summed E-state index contributed by atoms with van der Waals surface area (Å²) in [7, 11) is 0. The molecule has 0 aliphatic carbocycles. The second kappa shape index (κ2) is 9.55. The molecule has 8 bridgehead atoms. The number of H-pyrrole nitrogens is 2. The Morgan fingerprint density at radius 3 is 1.12 bits per heavy atom. The van der Waals surface area contributed by atoms with Gasteiger partial charge in [-0.25, -0.2) is 9.97 Å². The average Bonchev–Trinajstić information content (AvgIpc) is 3.59. The van der Waals surface area contributed by atoms with E-state index in [9.17, 15) is 0 Å². The molecule has 4 nitrogen and oxygen atoms in total. The van der Waals surface area contributed by atoms with Crippen LogP contribution in [0.25, 0.3) is 46.4 Å². The lowest BCUT2D eigenvalue weighted by molar-refractivity contribution is 1.05. The van der Waals surface area contributed by atoms with Crippen molar-refractivity contribution in [1.29, 1.82) is 0 Å². The summed E-state index contributed by atoms with van der Waals surface area (Å²) < 4.78 is 0. The molecule has 0 unspecified atom stereocenters. The molecule has 165 valence electrons. The Balaban J connectivity index is 0.00000259. The molecule has 3 aromatic heterocycles. The minimum Gasteiger partial charge on any atom is -0.355 e. The predicted molar refractivity (Wildman–Crippen MR) is 142 cm³/mol. The third-order valence-electron chi connectivity index (χ3n) is 6.60. The van der Waals surface area contributed by atoms with Crippen molar-refractivity contribution in [2.45, 2.75) is 53.4 Å². The van der Waals surface area contributed by atoms with E-state index in [0.717, 1.165) is 70.5 Å². The fourth-order valence-electron chi connectivity index (χ4n) is 4.93. The molecular formula is C28H30AlN4. The molecule has 0 amide bonds. The van der Waals surface area contributed by atoms with Crippen LogP contribution in [0.5, 0.6) is 0 Å². The van der Waals surface area contributed by atoms with Gasteiger partial charge in [-0.1, -0.05) is 27.7 Å². The molecule has 3 aromatic rings. The molecule has 5 heterocycles. The van der Waals surface area contributed by atoms with E-state index < -0.39 is 0 Å². The quantitative estimate of drug-likeness (QED) is 0.307. The van der Waals surface area contributed by atoms with Crippen LogP contribution in [0.15, 0.2) is 24.3 Å². The molecule has 5 heteroatoms. The summed E-state index contributed by atoms with van der Waals surface area (Å²) in [5.41, 5.74) is 13.7. The SMILES string of the molecule is CCc1c2nc(c(CC)c3ccc([nH]3)c(CC)c3ccc([nH]3)c(CC)c3nc1C=C3)C=C2.[Al]. The van der Waals surface area contributed by atoms with E-state index in [1.54, 1.807) is 0 Å². The lowest BCUT2D eigenvalue weighted by atomic mass is 10.1. The van der Waals surface area contributed by atoms with Gasteiger partial charge in [-0.3, -0.25) is 0 Å². The number of aromatic amines is 2. The molecule has 2 N–H and O–H groups in total. The predicted octanol–water partition coefficient (Wildman–Crippen LogP) is 6.52. The topological polar surface area (TPSA) is 57.4 Å². The first-order valence-electron chi connectivity index (χ1n) is 11.8. The Morgan fingerprint density at radius 2 is 0.788 bits per heavy atom. The van der Waals surface area contributed by atoms with Gasteiger partial charge in [0.1, 0.15) is 0 Å². The first-order chi connectivity index (χ1) is 15.7. The van der Waals surface area contributed by atoms with Gasteiger partial charge in [-0.15, -0.1) is 0 Å². The molecule has 0 atom stereocenters. The van der Waals surface area contributed by atoms with Crippen molar-refractivity contribution in [3.63, 3.8) is 0 Å². The van der Waals surface area contributed by atoms with Gasteiger partial charge in [-0.2, -0.15) is 0 Å². The van der Waals surface area contributed by atoms with Gasteiger partial charge in [0, 0.05) is 56.1 Å². The standard InChI is InChI=1S/C28H30N4.Al/c1-5-17-21-9-11-23(29-21)18(6-2)25-13-15-27(31-25)20(8-4)28-16-14-26(32-28)19(7-3)24-12-10-22(17)30-24;/h9-16,29-30H,5-8H2,1-4H3;. The summed E-state index contributed by atoms with van der Waals surface area (Å²) in [6.45, 7) is 8.78. The Labute approximate surface area is 206 Å². The second-order valence-corrected chi connectivity index (χ2v) is 8.33. The fraction of sp³-hybridized carbons (Fsp3) is 0.286. The van der Waals surface area contributed by atoms with Crippen molar-refractivity contribution in [3.8, 4) is 0 Å². The van der Waals surface area contributed by atoms with Crippen LogP contribution in [-0.2, 0) is 25.7 Å². The molecule has 2 aliphatic heterocycles. The van der Waals surface area contributed by atoms with Gasteiger partial charge in [0.25, 0.3) is 0 Å². The van der Waals surface area contributed by atoms with Crippen LogP contribution in [0, 0.1) is 0 Å². The molecule has 0 spiro atoms. The van der Waals surface area contributed by atoms with Crippen LogP contribution in [0.1, 0.15) is 72.7 Å². The van der Waals surface area contributed by atoms with Crippen molar-refractivity contribution in [1.82, 2.24) is 19.9 Å². The maximum atomic E-state index is 5.05. The van der Waals surface area contributed by atoms with Crippen LogP contribution in [0.4, 0.5) is 0 Å². The zero-order valence-corrected chi connectivity index (χ0v) is 21.1. The van der Waals surface area contributed by atoms with Gasteiger partial charge >= 0.3 is 0 Å². The number of nitrogens with zero attached hydrogens (tertiary/aromatic N) is 2. The Hall–Kier alpha value is -2.87. The molecule has 33 heavy (non-hydrogen) atoms. The number of nitrogens with one attached hydrogen (secondary N) is 2. The van der Waals surface area contributed by atoms with Crippen molar-refractivity contribution < 1.29 is 0 Å². The minimum atomic E-state index is 0. The highest BCUT2D eigenvalue weighted by Gasteiger charge is 2.14. The molecule has 2 aliphatic rings. The summed E-state index contributed by atoms with van der Waals surface area (Å²) in [6.07, 6.45) is 12.3. The number of hydrogen-bond acceptors (Lipinski definition) is 2. The fourth-order valence-corrected chi connectivity index (χ4v) is 4.93. The number of hydrogen-bond donors (Lipinski definition) is 2. The Bertz CT molecular complexity index is 1320. The molecule has 3 radical (unpaired) electrons. The van der Waals surface area contributed by atoms with Crippen molar-refractivity contribution in [3.05, 3.63) is 69.3 Å². The molecule has 0 aromatic carbocycles. The Morgan fingerprint density at radius 1 is 0.485 bits per heavy atom. The molecule has 0 fully saturated rings. The average molecular weight is 450 g/mol. The van der Waals surface area contributed by atoms with E-state index in [4.69, 9.17) is 9.97 Å². The number of aromatic nitrogens is 4. The first kappa shape index (κ1) is 23.3. The van der Waals surface area contributed by atoms with E-state index in [2.05, 4.69) is 86.2 Å². The largest absolute Gasteiger partial charge is 0.355 e. The van der Waals surface area contributed by atoms with Crippen LogP contribution in [-0.4, -0.2) is 37.3 Å². The summed E-state index contributed by atoms with van der Waals surface area (Å²) in [5.74, 6) is 0. The lowest BCUT2D eigenvalue weighted by Crippen LogP contribution is -1.94. The van der Waals surface area contributed by atoms with E-state index in [1.807, 2.05) is 0 Å². The van der Waals surface area contributed by atoms with Crippen LogP contribution >= 0.6 is 0 Å². The summed E-state index contributed by atoms with van der Waals surface area (Å²) in [5, 5.41) is 0. The monoisotopic (exact) mass is 449 g/mol. The summed E-state index contributed by atoms with van der Waals surface area (Å²) >= 11 is 0. The number of aryl methyl sites for hydroxylation is 3. The zero-order valence-electron chi connectivity index (χ0n) is 19.9. The van der Waals surface area contributed by atoms with Crippen molar-refractivity contribution in [2.24, 2.45) is 0 Å². The van der Waals surface area contributed by atoms with Crippen LogP contribution in [0.3, 0.4) is 0 Å². The van der Waals surface area contributed by atoms with Crippen molar-refractivity contribution >= 4 is 63.7 Å². The molecular weight excluding hydrogens is 419 g/mol. The van der Waals surface area contributed by atoms with E-state index >= 15 is 0 Å². The van der Waals surface area contributed by atoms with Crippen LogP contribution < -0.4 is 0 Å². The molecule has 5 rings (SSSR count). The zero-order chi connectivity index (χ0) is 22.2. The summed E-state index contributed by atoms with van der Waals surface area (Å²) in [4.78, 5) is 17.5. The van der Waals surface area contributed by atoms with Gasteiger partial charge < -0.3 is 9.97 Å². The normalized spacial score (nSPS) is 12.2. The first-order valence-corrected chi connectivity index (χ1v) is 11.8. The van der Waals surface area contributed by atoms with Crippen LogP contribution in [0.2, 0.25) is 0 Å². The van der Waals surface area contributed by atoms with Gasteiger partial charge in [-0.05, 0) is 79.8 Å². The molecule has 0 saturated carbocycles. The van der Waals surface area contributed by atoms with E-state index in [0.29, 0.717) is 0 Å². The minimum absolute atomic E-state index is 0. The lowest BCUT2D eigenvalue weighted by Gasteiger charge is -2.02. The summed E-state index contributed by atoms with van der Waals surface area (Å²) in [6, 6.07) is 8.79. The maximum Gasteiger partial charge on any atom is 0.0691 e. The highest BCUT2D eigenvalue weighted by molar-refractivity contribution is 5.83. The van der Waals surface area contributed by atoms with Gasteiger partial charge in [0.2, 0.25) is 0 Å². The van der Waals surface area contributed by atoms with E-state index in [-0.39, 0.29) is 17.4 Å². The highest BCUT2D eigenvalue weighted by atomic mass is 27.0. The maximum absolute atomic E-state index is 5.05. The third-order valence-corrected chi connectivity index (χ3v) is 6.60.